The van der Waals surface area contributed by atoms with E-state index < -0.39 is 0 Å². The number of nitrogen functional groups attached to an aromatic ring is 1. The number of hydrogen-bond acceptors (Lipinski definition) is 3. The maximum atomic E-state index is 6.16. The molecule has 0 atom stereocenters. The minimum absolute atomic E-state index is 0.604. The quantitative estimate of drug-likeness (QED) is 0.829. The lowest BCUT2D eigenvalue weighted by molar-refractivity contribution is 0.410. The second-order valence-corrected chi connectivity index (χ2v) is 4.30. The third kappa shape index (κ3) is 2.87. The lowest BCUT2D eigenvalue weighted by atomic mass is 10.2. The van der Waals surface area contributed by atoms with Crippen LogP contribution in [0.2, 0.25) is 5.02 Å². The zero-order valence-corrected chi connectivity index (χ0v) is 10.9. The summed E-state index contributed by atoms with van der Waals surface area (Å²) in [6.45, 7) is 0.604. The topological polar surface area (TPSA) is 47.3 Å². The summed E-state index contributed by atoms with van der Waals surface area (Å²) in [5, 5.41) is 3.98. The number of nitrogens with one attached hydrogen (secondary N) is 1. The van der Waals surface area contributed by atoms with Gasteiger partial charge in [-0.05, 0) is 36.4 Å². The molecule has 18 heavy (non-hydrogen) atoms. The Bertz CT molecular complexity index is 526. The minimum Gasteiger partial charge on any atom is -0.496 e. The second-order valence-electron chi connectivity index (χ2n) is 3.90. The van der Waals surface area contributed by atoms with E-state index in [4.69, 9.17) is 22.1 Å². The number of anilines is 2. The minimum atomic E-state index is 0.604. The standard InChI is InChI=1S/C14H15ClN2O/c1-18-14-4-2-3-13(15)12(14)9-17-11-7-5-10(16)6-8-11/h2-8,17H,9,16H2,1H3. The second kappa shape index (κ2) is 5.65. The molecule has 2 rings (SSSR count). The molecular weight excluding hydrogens is 248 g/mol. The number of rotatable bonds is 4. The SMILES string of the molecule is COc1cccc(Cl)c1CNc1ccc(N)cc1. The molecule has 0 amide bonds. The first-order valence-corrected chi connectivity index (χ1v) is 5.99. The van der Waals surface area contributed by atoms with E-state index in [-0.39, 0.29) is 0 Å². The molecule has 0 heterocycles. The maximum absolute atomic E-state index is 6.16. The molecule has 0 unspecified atom stereocenters. The fraction of sp³-hybridized carbons (Fsp3) is 0.143. The zero-order chi connectivity index (χ0) is 13.0. The summed E-state index contributed by atoms with van der Waals surface area (Å²) in [5.74, 6) is 0.783. The van der Waals surface area contributed by atoms with Crippen LogP contribution in [-0.2, 0) is 6.54 Å². The highest BCUT2D eigenvalue weighted by atomic mass is 35.5. The predicted octanol–water partition coefficient (Wildman–Crippen LogP) is 3.54. The summed E-state index contributed by atoms with van der Waals surface area (Å²) in [6.07, 6.45) is 0. The molecule has 0 spiro atoms. The van der Waals surface area contributed by atoms with Gasteiger partial charge in [-0.3, -0.25) is 0 Å². The fourth-order valence-corrected chi connectivity index (χ4v) is 1.93. The molecule has 0 aliphatic carbocycles. The summed E-state index contributed by atoms with van der Waals surface area (Å²) < 4.78 is 5.29. The van der Waals surface area contributed by atoms with Crippen LogP contribution < -0.4 is 15.8 Å². The summed E-state index contributed by atoms with van der Waals surface area (Å²) in [7, 11) is 1.64. The summed E-state index contributed by atoms with van der Waals surface area (Å²) in [4.78, 5) is 0. The third-order valence-electron chi connectivity index (χ3n) is 2.68. The molecule has 0 saturated carbocycles. The monoisotopic (exact) mass is 262 g/mol. The average Bonchev–Trinajstić information content (AvgIpc) is 2.39. The predicted molar refractivity (Wildman–Crippen MR) is 76.2 cm³/mol. The van der Waals surface area contributed by atoms with Crippen molar-refractivity contribution in [1.82, 2.24) is 0 Å². The van der Waals surface area contributed by atoms with Crippen molar-refractivity contribution >= 4 is 23.0 Å². The zero-order valence-electron chi connectivity index (χ0n) is 10.1. The Morgan fingerprint density at radius 1 is 1.17 bits per heavy atom. The van der Waals surface area contributed by atoms with Gasteiger partial charge in [-0.15, -0.1) is 0 Å². The van der Waals surface area contributed by atoms with Gasteiger partial charge in [-0.1, -0.05) is 17.7 Å². The molecule has 3 N–H and O–H groups in total. The van der Waals surface area contributed by atoms with Gasteiger partial charge in [-0.2, -0.15) is 0 Å². The number of methoxy groups -OCH3 is 1. The number of benzene rings is 2. The van der Waals surface area contributed by atoms with E-state index >= 15 is 0 Å². The Hall–Kier alpha value is -1.87. The Balaban J connectivity index is 2.12. The van der Waals surface area contributed by atoms with Crippen molar-refractivity contribution in [3.63, 3.8) is 0 Å². The van der Waals surface area contributed by atoms with Crippen LogP contribution in [0.25, 0.3) is 0 Å². The first-order chi connectivity index (χ1) is 8.70. The van der Waals surface area contributed by atoms with Crippen LogP contribution in [0.3, 0.4) is 0 Å². The van der Waals surface area contributed by atoms with Gasteiger partial charge < -0.3 is 15.8 Å². The van der Waals surface area contributed by atoms with Crippen LogP contribution >= 0.6 is 11.6 Å². The van der Waals surface area contributed by atoms with Crippen LogP contribution in [0.15, 0.2) is 42.5 Å². The third-order valence-corrected chi connectivity index (χ3v) is 3.03. The van der Waals surface area contributed by atoms with Gasteiger partial charge in [0.1, 0.15) is 5.75 Å². The van der Waals surface area contributed by atoms with E-state index in [0.717, 1.165) is 22.7 Å². The average molecular weight is 263 g/mol. The van der Waals surface area contributed by atoms with E-state index in [1.54, 1.807) is 7.11 Å². The van der Waals surface area contributed by atoms with Crippen molar-refractivity contribution < 1.29 is 4.74 Å². The van der Waals surface area contributed by atoms with E-state index in [1.165, 1.54) is 0 Å². The molecule has 0 bridgehead atoms. The highest BCUT2D eigenvalue weighted by Gasteiger charge is 2.06. The van der Waals surface area contributed by atoms with E-state index in [1.807, 2.05) is 42.5 Å². The van der Waals surface area contributed by atoms with Crippen LogP contribution in [0.5, 0.6) is 5.75 Å². The first-order valence-electron chi connectivity index (χ1n) is 5.61. The van der Waals surface area contributed by atoms with Crippen LogP contribution in [-0.4, -0.2) is 7.11 Å². The normalized spacial score (nSPS) is 10.1. The lowest BCUT2D eigenvalue weighted by Crippen LogP contribution is -2.02. The van der Waals surface area contributed by atoms with Gasteiger partial charge in [-0.25, -0.2) is 0 Å². The van der Waals surface area contributed by atoms with Crippen LogP contribution in [0, 0.1) is 0 Å². The molecule has 2 aromatic carbocycles. The van der Waals surface area contributed by atoms with Crippen molar-refractivity contribution in [2.24, 2.45) is 0 Å². The Morgan fingerprint density at radius 2 is 1.89 bits per heavy atom. The molecule has 0 aromatic heterocycles. The largest absolute Gasteiger partial charge is 0.496 e. The molecule has 0 radical (unpaired) electrons. The molecule has 3 nitrogen and oxygen atoms in total. The smallest absolute Gasteiger partial charge is 0.125 e. The Kier molecular flexibility index (Phi) is 3.95. The number of halogens is 1. The summed E-state index contributed by atoms with van der Waals surface area (Å²) >= 11 is 6.16. The molecule has 2 aromatic rings. The first kappa shape index (κ1) is 12.6. The number of nitrogens with two attached hydrogens (primary N) is 1. The van der Waals surface area contributed by atoms with Crippen molar-refractivity contribution in [2.75, 3.05) is 18.2 Å². The van der Waals surface area contributed by atoms with Crippen molar-refractivity contribution in [2.45, 2.75) is 6.54 Å². The Morgan fingerprint density at radius 3 is 2.56 bits per heavy atom. The van der Waals surface area contributed by atoms with E-state index in [0.29, 0.717) is 11.6 Å². The molecule has 0 aliphatic heterocycles. The van der Waals surface area contributed by atoms with Crippen molar-refractivity contribution in [1.29, 1.82) is 0 Å². The van der Waals surface area contributed by atoms with Gasteiger partial charge in [0, 0.05) is 28.5 Å². The number of ether oxygens (including phenoxy) is 1. The Labute approximate surface area is 112 Å². The molecule has 0 aliphatic rings. The highest BCUT2D eigenvalue weighted by molar-refractivity contribution is 6.31. The van der Waals surface area contributed by atoms with Gasteiger partial charge in [0.2, 0.25) is 0 Å². The number of hydrogen-bond donors (Lipinski definition) is 2. The van der Waals surface area contributed by atoms with Gasteiger partial charge in [0.15, 0.2) is 0 Å². The van der Waals surface area contributed by atoms with Crippen LogP contribution in [0.1, 0.15) is 5.56 Å². The van der Waals surface area contributed by atoms with Gasteiger partial charge >= 0.3 is 0 Å². The molecule has 94 valence electrons. The molecule has 0 saturated heterocycles. The van der Waals surface area contributed by atoms with Gasteiger partial charge in [0.25, 0.3) is 0 Å². The fourth-order valence-electron chi connectivity index (χ4n) is 1.69. The molecule has 0 fully saturated rings. The summed E-state index contributed by atoms with van der Waals surface area (Å²) in [6, 6.07) is 13.2. The van der Waals surface area contributed by atoms with Crippen LogP contribution in [0.4, 0.5) is 11.4 Å². The van der Waals surface area contributed by atoms with Gasteiger partial charge in [0.05, 0.1) is 7.11 Å². The summed E-state index contributed by atoms with van der Waals surface area (Å²) in [5.41, 5.74) is 8.32. The van der Waals surface area contributed by atoms with Crippen molar-refractivity contribution in [3.8, 4) is 5.75 Å². The van der Waals surface area contributed by atoms with E-state index in [2.05, 4.69) is 5.32 Å². The lowest BCUT2D eigenvalue weighted by Gasteiger charge is -2.12. The van der Waals surface area contributed by atoms with E-state index in [9.17, 15) is 0 Å². The van der Waals surface area contributed by atoms with Crippen molar-refractivity contribution in [3.05, 3.63) is 53.1 Å². The molecule has 4 heteroatoms. The molecular formula is C14H15ClN2O. The maximum Gasteiger partial charge on any atom is 0.125 e. The highest BCUT2D eigenvalue weighted by Crippen LogP contribution is 2.27.